The van der Waals surface area contributed by atoms with Crippen LogP contribution in [0.2, 0.25) is 0 Å². The van der Waals surface area contributed by atoms with Crippen LogP contribution in [0.3, 0.4) is 0 Å². The van der Waals surface area contributed by atoms with Crippen LogP contribution in [0.25, 0.3) is 0 Å². The second kappa shape index (κ2) is 8.25. The molecular formula is C16H25NO3. The van der Waals surface area contributed by atoms with Gasteiger partial charge in [-0.15, -0.1) is 0 Å². The molecule has 0 spiro atoms. The maximum Gasteiger partial charge on any atom is 0.118 e. The normalized spacial score (nSPS) is 17.3. The maximum absolute atomic E-state index is 9.86. The fourth-order valence-corrected chi connectivity index (χ4v) is 2.49. The van der Waals surface area contributed by atoms with Crippen molar-refractivity contribution < 1.29 is 14.6 Å². The van der Waals surface area contributed by atoms with Crippen molar-refractivity contribution in [1.29, 1.82) is 0 Å². The first-order valence-corrected chi connectivity index (χ1v) is 7.41. The van der Waals surface area contributed by atoms with Gasteiger partial charge in [0.05, 0.1) is 25.9 Å². The molecule has 1 aliphatic carbocycles. The largest absolute Gasteiger partial charge is 0.497 e. The molecule has 1 aromatic carbocycles. The quantitative estimate of drug-likeness (QED) is 0.765. The zero-order valence-corrected chi connectivity index (χ0v) is 12.2. The van der Waals surface area contributed by atoms with Crippen molar-refractivity contribution in [3.05, 3.63) is 29.8 Å². The van der Waals surface area contributed by atoms with Gasteiger partial charge < -0.3 is 19.9 Å². The molecule has 4 heteroatoms. The Morgan fingerprint density at radius 1 is 1.25 bits per heavy atom. The lowest BCUT2D eigenvalue weighted by atomic mass is 10.2. The Morgan fingerprint density at radius 2 is 1.95 bits per heavy atom. The summed E-state index contributed by atoms with van der Waals surface area (Å²) < 4.78 is 10.8. The fourth-order valence-electron chi connectivity index (χ4n) is 2.49. The van der Waals surface area contributed by atoms with Crippen molar-refractivity contribution in [2.24, 2.45) is 0 Å². The van der Waals surface area contributed by atoms with E-state index in [2.05, 4.69) is 5.32 Å². The minimum absolute atomic E-state index is 0.367. The van der Waals surface area contributed by atoms with E-state index < -0.39 is 6.10 Å². The number of methoxy groups -OCH3 is 1. The first-order chi connectivity index (χ1) is 9.78. The van der Waals surface area contributed by atoms with Gasteiger partial charge in [0.1, 0.15) is 5.75 Å². The molecule has 1 aromatic rings. The van der Waals surface area contributed by atoms with Gasteiger partial charge in [-0.3, -0.25) is 0 Å². The molecule has 0 aromatic heterocycles. The fraction of sp³-hybridized carbons (Fsp3) is 0.625. The molecule has 20 heavy (non-hydrogen) atoms. The molecule has 1 saturated carbocycles. The lowest BCUT2D eigenvalue weighted by molar-refractivity contribution is -0.00549. The summed E-state index contributed by atoms with van der Waals surface area (Å²) in [6, 6.07) is 7.92. The van der Waals surface area contributed by atoms with Crippen LogP contribution >= 0.6 is 0 Å². The van der Waals surface area contributed by atoms with Crippen LogP contribution in [0.4, 0.5) is 0 Å². The number of hydrogen-bond acceptors (Lipinski definition) is 4. The molecule has 1 fully saturated rings. The van der Waals surface area contributed by atoms with Crippen LogP contribution in [0.5, 0.6) is 5.75 Å². The Balaban J connectivity index is 1.59. The van der Waals surface area contributed by atoms with Gasteiger partial charge in [-0.1, -0.05) is 25.0 Å². The van der Waals surface area contributed by atoms with Crippen molar-refractivity contribution in [2.45, 2.75) is 44.4 Å². The highest BCUT2D eigenvalue weighted by Gasteiger charge is 2.16. The number of ether oxygens (including phenoxy) is 2. The molecule has 0 amide bonds. The smallest absolute Gasteiger partial charge is 0.118 e. The molecule has 4 nitrogen and oxygen atoms in total. The van der Waals surface area contributed by atoms with Crippen LogP contribution in [-0.2, 0) is 11.3 Å². The summed E-state index contributed by atoms with van der Waals surface area (Å²) in [6.07, 6.45) is 4.74. The van der Waals surface area contributed by atoms with E-state index in [0.717, 1.165) is 25.1 Å². The molecule has 1 unspecified atom stereocenters. The Morgan fingerprint density at radius 3 is 2.60 bits per heavy atom. The lowest BCUT2D eigenvalue weighted by Crippen LogP contribution is -2.31. The van der Waals surface area contributed by atoms with Crippen LogP contribution < -0.4 is 10.1 Å². The summed E-state index contributed by atoms with van der Waals surface area (Å²) >= 11 is 0. The van der Waals surface area contributed by atoms with E-state index in [1.54, 1.807) is 7.11 Å². The summed E-state index contributed by atoms with van der Waals surface area (Å²) in [7, 11) is 1.66. The summed E-state index contributed by atoms with van der Waals surface area (Å²) in [5, 5.41) is 13.1. The van der Waals surface area contributed by atoms with Crippen molar-refractivity contribution in [1.82, 2.24) is 5.32 Å². The second-order valence-corrected chi connectivity index (χ2v) is 5.37. The standard InChI is InChI=1S/C16H25NO3/c1-19-15-8-6-13(7-9-15)10-17-11-14(18)12-20-16-4-2-3-5-16/h6-9,14,16-18H,2-5,10-12H2,1H3. The van der Waals surface area contributed by atoms with E-state index in [-0.39, 0.29) is 0 Å². The summed E-state index contributed by atoms with van der Waals surface area (Å²) in [5.74, 6) is 0.860. The van der Waals surface area contributed by atoms with E-state index in [4.69, 9.17) is 9.47 Å². The minimum Gasteiger partial charge on any atom is -0.497 e. The molecule has 2 rings (SSSR count). The van der Waals surface area contributed by atoms with Crippen LogP contribution in [-0.4, -0.2) is 37.6 Å². The van der Waals surface area contributed by atoms with Crippen LogP contribution in [0, 0.1) is 0 Å². The number of aliphatic hydroxyl groups is 1. The predicted molar refractivity (Wildman–Crippen MR) is 78.9 cm³/mol. The number of nitrogens with one attached hydrogen (secondary N) is 1. The Hall–Kier alpha value is -1.10. The van der Waals surface area contributed by atoms with Gasteiger partial charge in [0.25, 0.3) is 0 Å². The van der Waals surface area contributed by atoms with Gasteiger partial charge in [-0.25, -0.2) is 0 Å². The van der Waals surface area contributed by atoms with Gasteiger partial charge >= 0.3 is 0 Å². The van der Waals surface area contributed by atoms with Crippen molar-refractivity contribution >= 4 is 0 Å². The molecule has 0 bridgehead atoms. The lowest BCUT2D eigenvalue weighted by Gasteiger charge is -2.16. The Labute approximate surface area is 121 Å². The number of aliphatic hydroxyl groups excluding tert-OH is 1. The first kappa shape index (κ1) is 15.3. The van der Waals surface area contributed by atoms with E-state index in [1.165, 1.54) is 18.4 Å². The highest BCUT2D eigenvalue weighted by molar-refractivity contribution is 5.26. The van der Waals surface area contributed by atoms with Gasteiger partial charge in [-0.05, 0) is 30.5 Å². The Kier molecular flexibility index (Phi) is 6.30. The minimum atomic E-state index is -0.436. The molecule has 1 atom stereocenters. The van der Waals surface area contributed by atoms with Gasteiger partial charge in [0, 0.05) is 13.1 Å². The monoisotopic (exact) mass is 279 g/mol. The number of benzene rings is 1. The van der Waals surface area contributed by atoms with Crippen molar-refractivity contribution in [2.75, 3.05) is 20.3 Å². The second-order valence-electron chi connectivity index (χ2n) is 5.37. The average molecular weight is 279 g/mol. The third kappa shape index (κ3) is 5.12. The van der Waals surface area contributed by atoms with Crippen LogP contribution in [0.15, 0.2) is 24.3 Å². The van der Waals surface area contributed by atoms with Gasteiger partial charge in [0.15, 0.2) is 0 Å². The molecule has 0 saturated heterocycles. The van der Waals surface area contributed by atoms with Crippen molar-refractivity contribution in [3.63, 3.8) is 0 Å². The van der Waals surface area contributed by atoms with E-state index in [9.17, 15) is 5.11 Å². The summed E-state index contributed by atoms with van der Waals surface area (Å²) in [4.78, 5) is 0. The highest BCUT2D eigenvalue weighted by atomic mass is 16.5. The number of hydrogen-bond donors (Lipinski definition) is 2. The molecule has 112 valence electrons. The SMILES string of the molecule is COc1ccc(CNCC(O)COC2CCCC2)cc1. The van der Waals surface area contributed by atoms with Gasteiger partial charge in [-0.2, -0.15) is 0 Å². The zero-order valence-electron chi connectivity index (χ0n) is 12.2. The topological polar surface area (TPSA) is 50.7 Å². The number of rotatable bonds is 8. The molecular weight excluding hydrogens is 254 g/mol. The third-order valence-electron chi connectivity index (χ3n) is 3.69. The Bertz CT molecular complexity index is 374. The third-order valence-corrected chi connectivity index (χ3v) is 3.69. The first-order valence-electron chi connectivity index (χ1n) is 7.41. The van der Waals surface area contributed by atoms with E-state index >= 15 is 0 Å². The molecule has 1 aliphatic rings. The molecule has 2 N–H and O–H groups in total. The summed E-state index contributed by atoms with van der Waals surface area (Å²) in [5.41, 5.74) is 1.18. The van der Waals surface area contributed by atoms with E-state index in [0.29, 0.717) is 19.3 Å². The highest BCUT2D eigenvalue weighted by Crippen LogP contribution is 2.20. The van der Waals surface area contributed by atoms with Crippen molar-refractivity contribution in [3.8, 4) is 5.75 Å². The zero-order chi connectivity index (χ0) is 14.2. The molecule has 0 aliphatic heterocycles. The van der Waals surface area contributed by atoms with Crippen LogP contribution in [0.1, 0.15) is 31.2 Å². The average Bonchev–Trinajstić information content (AvgIpc) is 2.99. The van der Waals surface area contributed by atoms with Gasteiger partial charge in [0.2, 0.25) is 0 Å². The summed E-state index contributed by atoms with van der Waals surface area (Å²) in [6.45, 7) is 1.73. The predicted octanol–water partition coefficient (Wildman–Crippen LogP) is 2.10. The molecule has 0 radical (unpaired) electrons. The molecule has 0 heterocycles. The van der Waals surface area contributed by atoms with E-state index in [1.807, 2.05) is 24.3 Å². The maximum atomic E-state index is 9.86.